The molecular weight excluding hydrogens is 436 g/mol. The Morgan fingerprint density at radius 3 is 1.46 bits per heavy atom. The van der Waals surface area contributed by atoms with Crippen molar-refractivity contribution in [2.45, 2.75) is 124 Å². The Hall–Kier alpha value is -1.84. The van der Waals surface area contributed by atoms with E-state index in [9.17, 15) is 9.59 Å². The first kappa shape index (κ1) is 31.2. The average molecular weight is 489 g/mol. The van der Waals surface area contributed by atoms with Crippen molar-refractivity contribution in [3.63, 3.8) is 0 Å². The zero-order valence-electron chi connectivity index (χ0n) is 23.1. The molecule has 0 fully saturated rings. The monoisotopic (exact) mass is 488 g/mol. The van der Waals surface area contributed by atoms with E-state index in [1.807, 2.05) is 0 Å². The molecule has 200 valence electrons. The summed E-state index contributed by atoms with van der Waals surface area (Å²) in [5.74, 6) is 1.65. The van der Waals surface area contributed by atoms with Crippen molar-refractivity contribution in [2.75, 3.05) is 13.2 Å². The molecule has 0 spiro atoms. The Morgan fingerprint density at radius 2 is 1.03 bits per heavy atom. The van der Waals surface area contributed by atoms with Gasteiger partial charge in [0.25, 0.3) is 0 Å². The zero-order chi connectivity index (χ0) is 25.7. The summed E-state index contributed by atoms with van der Waals surface area (Å²) in [4.78, 5) is 23.6. The third-order valence-electron chi connectivity index (χ3n) is 6.55. The second kappa shape index (κ2) is 20.4. The van der Waals surface area contributed by atoms with Crippen LogP contribution in [0.1, 0.15) is 129 Å². The first-order valence-electron chi connectivity index (χ1n) is 14.2. The second-order valence-corrected chi connectivity index (χ2v) is 10.8. The van der Waals surface area contributed by atoms with E-state index < -0.39 is 0 Å². The highest BCUT2D eigenvalue weighted by molar-refractivity contribution is 5.69. The molecule has 0 aliphatic carbocycles. The fourth-order valence-corrected chi connectivity index (χ4v) is 4.19. The number of rotatable bonds is 21. The maximum atomic E-state index is 11.8. The maximum Gasteiger partial charge on any atom is 0.305 e. The van der Waals surface area contributed by atoms with Crippen LogP contribution in [0.2, 0.25) is 0 Å². The minimum absolute atomic E-state index is 0.0448. The molecule has 0 unspecified atom stereocenters. The standard InChI is InChI=1S/C31H52O4/c1-26(2)22-24-34-30(32)20-14-7-5-10-16-28(29-18-12-9-13-19-29)17-11-6-8-15-21-31(33)35-25-23-27(3)4/h9,12-13,18-19,26-28H,5-8,10-11,14-17,20-25H2,1-4H3. The third-order valence-corrected chi connectivity index (χ3v) is 6.55. The van der Waals surface area contributed by atoms with E-state index in [2.05, 4.69) is 58.0 Å². The van der Waals surface area contributed by atoms with E-state index in [0.717, 1.165) is 38.5 Å². The highest BCUT2D eigenvalue weighted by Crippen LogP contribution is 2.28. The number of hydrogen-bond donors (Lipinski definition) is 0. The number of ether oxygens (including phenoxy) is 2. The smallest absolute Gasteiger partial charge is 0.305 e. The van der Waals surface area contributed by atoms with Crippen LogP contribution in [0, 0.1) is 11.8 Å². The van der Waals surface area contributed by atoms with Crippen LogP contribution in [-0.2, 0) is 19.1 Å². The topological polar surface area (TPSA) is 52.6 Å². The van der Waals surface area contributed by atoms with Gasteiger partial charge >= 0.3 is 11.9 Å². The molecule has 0 aliphatic rings. The van der Waals surface area contributed by atoms with Gasteiger partial charge in [0.15, 0.2) is 0 Å². The SMILES string of the molecule is CC(C)CCOC(=O)CCCCCCC(CCCCCCC(=O)OCCC(C)C)c1ccccc1. The molecule has 0 atom stereocenters. The van der Waals surface area contributed by atoms with Gasteiger partial charge in [0, 0.05) is 12.8 Å². The average Bonchev–Trinajstić information content (AvgIpc) is 2.82. The minimum Gasteiger partial charge on any atom is -0.466 e. The molecule has 0 saturated carbocycles. The van der Waals surface area contributed by atoms with Gasteiger partial charge < -0.3 is 9.47 Å². The lowest BCUT2D eigenvalue weighted by Crippen LogP contribution is -2.07. The van der Waals surface area contributed by atoms with Crippen LogP contribution in [0.3, 0.4) is 0 Å². The molecule has 4 heteroatoms. The first-order valence-corrected chi connectivity index (χ1v) is 14.2. The largest absolute Gasteiger partial charge is 0.466 e. The van der Waals surface area contributed by atoms with Gasteiger partial charge in [-0.3, -0.25) is 9.59 Å². The molecule has 0 saturated heterocycles. The molecule has 0 amide bonds. The van der Waals surface area contributed by atoms with E-state index in [0.29, 0.717) is 43.8 Å². The van der Waals surface area contributed by atoms with Gasteiger partial charge in [-0.25, -0.2) is 0 Å². The summed E-state index contributed by atoms with van der Waals surface area (Å²) in [6.45, 7) is 9.68. The molecule has 4 nitrogen and oxygen atoms in total. The summed E-state index contributed by atoms with van der Waals surface area (Å²) >= 11 is 0. The molecule has 0 aliphatic heterocycles. The van der Waals surface area contributed by atoms with E-state index in [1.165, 1.54) is 44.1 Å². The Morgan fingerprint density at radius 1 is 0.600 bits per heavy atom. The van der Waals surface area contributed by atoms with Crippen molar-refractivity contribution in [1.82, 2.24) is 0 Å². The van der Waals surface area contributed by atoms with Crippen molar-refractivity contribution in [3.05, 3.63) is 35.9 Å². The number of esters is 2. The summed E-state index contributed by atoms with van der Waals surface area (Å²) in [6, 6.07) is 10.9. The molecule has 0 bridgehead atoms. The Balaban J connectivity index is 2.19. The third kappa shape index (κ3) is 18.1. The van der Waals surface area contributed by atoms with Crippen LogP contribution in [0.4, 0.5) is 0 Å². The highest BCUT2D eigenvalue weighted by Gasteiger charge is 2.12. The van der Waals surface area contributed by atoms with Gasteiger partial charge in [0.1, 0.15) is 0 Å². The van der Waals surface area contributed by atoms with Crippen molar-refractivity contribution in [3.8, 4) is 0 Å². The predicted octanol–water partition coefficient (Wildman–Crippen LogP) is 8.63. The number of hydrogen-bond acceptors (Lipinski definition) is 4. The summed E-state index contributed by atoms with van der Waals surface area (Å²) in [6.07, 6.45) is 14.1. The fourth-order valence-electron chi connectivity index (χ4n) is 4.19. The Labute approximate surface area is 215 Å². The molecule has 1 aromatic rings. The maximum absolute atomic E-state index is 11.8. The van der Waals surface area contributed by atoms with Crippen LogP contribution in [0.15, 0.2) is 30.3 Å². The van der Waals surface area contributed by atoms with Gasteiger partial charge in [-0.2, -0.15) is 0 Å². The van der Waals surface area contributed by atoms with Crippen LogP contribution < -0.4 is 0 Å². The Kier molecular flexibility index (Phi) is 18.1. The van der Waals surface area contributed by atoms with Crippen LogP contribution in [-0.4, -0.2) is 25.2 Å². The molecule has 1 rings (SSSR count). The van der Waals surface area contributed by atoms with Crippen molar-refractivity contribution >= 4 is 11.9 Å². The van der Waals surface area contributed by atoms with Gasteiger partial charge in [0.05, 0.1) is 13.2 Å². The minimum atomic E-state index is -0.0448. The Bertz CT molecular complexity index is 615. The quantitative estimate of drug-likeness (QED) is 0.128. The van der Waals surface area contributed by atoms with Crippen LogP contribution >= 0.6 is 0 Å². The van der Waals surface area contributed by atoms with Crippen molar-refractivity contribution in [2.24, 2.45) is 11.8 Å². The lowest BCUT2D eigenvalue weighted by Gasteiger charge is -2.17. The van der Waals surface area contributed by atoms with Crippen molar-refractivity contribution < 1.29 is 19.1 Å². The molecular formula is C31H52O4. The number of carbonyl (C=O) groups excluding carboxylic acids is 2. The molecule has 35 heavy (non-hydrogen) atoms. The van der Waals surface area contributed by atoms with Gasteiger partial charge in [-0.1, -0.05) is 96.6 Å². The number of benzene rings is 1. The van der Waals surface area contributed by atoms with Gasteiger partial charge in [-0.15, -0.1) is 0 Å². The van der Waals surface area contributed by atoms with E-state index >= 15 is 0 Å². The number of carbonyl (C=O) groups is 2. The van der Waals surface area contributed by atoms with E-state index in [-0.39, 0.29) is 11.9 Å². The second-order valence-electron chi connectivity index (χ2n) is 10.8. The fraction of sp³-hybridized carbons (Fsp3) is 0.742. The summed E-state index contributed by atoms with van der Waals surface area (Å²) < 4.78 is 10.6. The molecule has 1 aromatic carbocycles. The number of unbranched alkanes of at least 4 members (excludes halogenated alkanes) is 6. The van der Waals surface area contributed by atoms with Crippen LogP contribution in [0.5, 0.6) is 0 Å². The first-order chi connectivity index (χ1) is 16.9. The van der Waals surface area contributed by atoms with Gasteiger partial charge in [0.2, 0.25) is 0 Å². The molecule has 0 N–H and O–H groups in total. The summed E-state index contributed by atoms with van der Waals surface area (Å²) in [5, 5.41) is 0. The van der Waals surface area contributed by atoms with Gasteiger partial charge in [-0.05, 0) is 61.8 Å². The van der Waals surface area contributed by atoms with Crippen LogP contribution in [0.25, 0.3) is 0 Å². The summed E-state index contributed by atoms with van der Waals surface area (Å²) in [7, 11) is 0. The molecule has 0 aromatic heterocycles. The summed E-state index contributed by atoms with van der Waals surface area (Å²) in [5.41, 5.74) is 1.44. The van der Waals surface area contributed by atoms with E-state index in [4.69, 9.17) is 9.47 Å². The van der Waals surface area contributed by atoms with Crippen molar-refractivity contribution in [1.29, 1.82) is 0 Å². The molecule has 0 heterocycles. The molecule has 0 radical (unpaired) electrons. The van der Waals surface area contributed by atoms with E-state index in [1.54, 1.807) is 0 Å². The zero-order valence-corrected chi connectivity index (χ0v) is 23.1. The normalized spacial score (nSPS) is 11.4. The predicted molar refractivity (Wildman–Crippen MR) is 145 cm³/mol. The lowest BCUT2D eigenvalue weighted by atomic mass is 9.88. The highest BCUT2D eigenvalue weighted by atomic mass is 16.5. The lowest BCUT2D eigenvalue weighted by molar-refractivity contribution is -0.145.